The summed E-state index contributed by atoms with van der Waals surface area (Å²) >= 11 is 5.49. The van der Waals surface area contributed by atoms with Gasteiger partial charge in [-0.3, -0.25) is 9.89 Å². The molecule has 14 heteroatoms. The Morgan fingerprint density at radius 1 is 1.17 bits per heavy atom. The van der Waals surface area contributed by atoms with E-state index in [1.807, 2.05) is 5.10 Å². The van der Waals surface area contributed by atoms with Crippen molar-refractivity contribution in [1.29, 1.82) is 0 Å². The third-order valence-corrected chi connectivity index (χ3v) is 5.01. The Balaban J connectivity index is 1.93. The number of aromatic amines is 1. The summed E-state index contributed by atoms with van der Waals surface area (Å²) in [5.41, 5.74) is -8.74. The maximum Gasteiger partial charge on any atom is 0.434 e. The zero-order valence-electron chi connectivity index (χ0n) is 14.5. The van der Waals surface area contributed by atoms with Crippen LogP contribution >= 0.6 is 11.6 Å². The minimum atomic E-state index is -5.44. The van der Waals surface area contributed by atoms with Crippen LogP contribution in [-0.2, 0) is 11.8 Å². The first kappa shape index (κ1) is 20.6. The molecule has 0 aromatic carbocycles. The zero-order chi connectivity index (χ0) is 22.1. The lowest BCUT2D eigenvalue weighted by atomic mass is 9.89. The molecule has 0 aliphatic heterocycles. The topological polar surface area (TPSA) is 96.7 Å². The van der Waals surface area contributed by atoms with Gasteiger partial charge in [0.15, 0.2) is 11.2 Å². The second-order valence-corrected chi connectivity index (χ2v) is 7.15. The molecule has 1 unspecified atom stereocenters. The number of pyridine rings is 1. The second-order valence-electron chi connectivity index (χ2n) is 6.75. The summed E-state index contributed by atoms with van der Waals surface area (Å²) in [4.78, 5) is 15.4. The van der Waals surface area contributed by atoms with Gasteiger partial charge in [-0.1, -0.05) is 11.6 Å². The monoisotopic (exact) mass is 453 g/mol. The SMILES string of the molecule is O=c1c2n[nH]c(C(O)(c3cnc(C(F)(F)F)c(Cl)c3)C(F)(F)F)c2cnn1C1CC1. The molecule has 1 atom stereocenters. The number of alkyl halides is 6. The van der Waals surface area contributed by atoms with E-state index in [1.165, 1.54) is 0 Å². The molecule has 1 fully saturated rings. The zero-order valence-corrected chi connectivity index (χ0v) is 15.3. The van der Waals surface area contributed by atoms with Crippen LogP contribution in [0.4, 0.5) is 26.3 Å². The van der Waals surface area contributed by atoms with E-state index in [0.717, 1.165) is 10.9 Å². The normalized spacial score (nSPS) is 17.3. The third kappa shape index (κ3) is 3.03. The molecular formula is C16H10ClF6N5O2. The lowest BCUT2D eigenvalue weighted by Gasteiger charge is -2.30. The molecule has 0 radical (unpaired) electrons. The van der Waals surface area contributed by atoms with Crippen LogP contribution in [0.1, 0.15) is 35.8 Å². The van der Waals surface area contributed by atoms with Gasteiger partial charge in [0, 0.05) is 11.8 Å². The maximum atomic E-state index is 14.0. The summed E-state index contributed by atoms with van der Waals surface area (Å²) in [6.07, 6.45) is -7.94. The van der Waals surface area contributed by atoms with Crippen LogP contribution in [0.15, 0.2) is 23.3 Å². The largest absolute Gasteiger partial charge is 0.434 e. The number of nitrogens with one attached hydrogen (secondary N) is 1. The van der Waals surface area contributed by atoms with Gasteiger partial charge < -0.3 is 5.11 Å². The molecule has 3 heterocycles. The van der Waals surface area contributed by atoms with Gasteiger partial charge in [-0.15, -0.1) is 0 Å². The Labute approximate surface area is 167 Å². The molecule has 0 spiro atoms. The summed E-state index contributed by atoms with van der Waals surface area (Å²) in [7, 11) is 0. The van der Waals surface area contributed by atoms with Crippen molar-refractivity contribution in [1.82, 2.24) is 25.0 Å². The molecule has 3 aromatic heterocycles. The van der Waals surface area contributed by atoms with Crippen molar-refractivity contribution in [3.05, 3.63) is 50.8 Å². The Kier molecular flexibility index (Phi) is 4.40. The molecule has 160 valence electrons. The van der Waals surface area contributed by atoms with Gasteiger partial charge in [0.1, 0.15) is 0 Å². The average molecular weight is 454 g/mol. The van der Waals surface area contributed by atoms with Crippen LogP contribution in [0.25, 0.3) is 10.9 Å². The molecular weight excluding hydrogens is 444 g/mol. The van der Waals surface area contributed by atoms with Crippen molar-refractivity contribution in [2.45, 2.75) is 36.8 Å². The van der Waals surface area contributed by atoms with E-state index in [4.69, 9.17) is 11.6 Å². The molecule has 0 saturated heterocycles. The number of aromatic nitrogens is 5. The van der Waals surface area contributed by atoms with Crippen molar-refractivity contribution >= 4 is 22.5 Å². The Morgan fingerprint density at radius 3 is 2.37 bits per heavy atom. The van der Waals surface area contributed by atoms with Crippen LogP contribution in [0.2, 0.25) is 5.02 Å². The first-order valence-corrected chi connectivity index (χ1v) is 8.72. The minimum Gasteiger partial charge on any atom is -0.371 e. The van der Waals surface area contributed by atoms with Crippen LogP contribution in [0, 0.1) is 0 Å². The lowest BCUT2D eigenvalue weighted by Crippen LogP contribution is -2.44. The fourth-order valence-electron chi connectivity index (χ4n) is 3.07. The number of nitrogens with zero attached hydrogens (tertiary/aromatic N) is 4. The number of H-pyrrole nitrogens is 1. The predicted octanol–water partition coefficient (Wildman–Crippen LogP) is 3.32. The van der Waals surface area contributed by atoms with Crippen molar-refractivity contribution < 1.29 is 31.4 Å². The van der Waals surface area contributed by atoms with Crippen molar-refractivity contribution in [3.63, 3.8) is 0 Å². The van der Waals surface area contributed by atoms with Crippen LogP contribution < -0.4 is 5.56 Å². The van der Waals surface area contributed by atoms with E-state index in [0.29, 0.717) is 18.9 Å². The van der Waals surface area contributed by atoms with Gasteiger partial charge in [-0.25, -0.2) is 9.67 Å². The van der Waals surface area contributed by atoms with Gasteiger partial charge in [0.2, 0.25) is 5.60 Å². The van der Waals surface area contributed by atoms with E-state index in [9.17, 15) is 36.2 Å². The van der Waals surface area contributed by atoms with Gasteiger partial charge >= 0.3 is 12.4 Å². The number of rotatable bonds is 3. The van der Waals surface area contributed by atoms with Gasteiger partial charge in [-0.2, -0.15) is 36.5 Å². The highest BCUT2D eigenvalue weighted by Crippen LogP contribution is 2.46. The Morgan fingerprint density at radius 2 is 1.83 bits per heavy atom. The molecule has 1 aliphatic rings. The molecule has 7 nitrogen and oxygen atoms in total. The number of hydrogen-bond donors (Lipinski definition) is 2. The van der Waals surface area contributed by atoms with E-state index in [2.05, 4.69) is 15.2 Å². The number of aliphatic hydroxyl groups is 1. The average Bonchev–Trinajstić information content (AvgIpc) is 3.37. The number of hydrogen-bond acceptors (Lipinski definition) is 5. The maximum absolute atomic E-state index is 14.0. The molecule has 2 N–H and O–H groups in total. The van der Waals surface area contributed by atoms with Crippen molar-refractivity contribution in [3.8, 4) is 0 Å². The second kappa shape index (κ2) is 6.41. The standard InChI is InChI=1S/C16H10ClF6N5O2/c17-9-3-6(4-24-12(9)15(18,19)20)14(30,16(21,22)23)11-8-5-25-28(7-1-2-7)13(29)10(8)26-27-11/h3-5,7,30H,1-2H2,(H,26,27). The van der Waals surface area contributed by atoms with Gasteiger partial charge in [0.25, 0.3) is 5.56 Å². The molecule has 0 amide bonds. The fourth-order valence-corrected chi connectivity index (χ4v) is 3.34. The summed E-state index contributed by atoms with van der Waals surface area (Å²) in [5.74, 6) is 0. The smallest absolute Gasteiger partial charge is 0.371 e. The molecule has 3 aromatic rings. The molecule has 30 heavy (non-hydrogen) atoms. The van der Waals surface area contributed by atoms with Gasteiger partial charge in [-0.05, 0) is 18.9 Å². The lowest BCUT2D eigenvalue weighted by molar-refractivity contribution is -0.249. The Hall–Kier alpha value is -2.67. The third-order valence-electron chi connectivity index (χ3n) is 4.72. The fraction of sp³-hybridized carbons (Fsp3) is 0.375. The van der Waals surface area contributed by atoms with E-state index < -0.39 is 56.4 Å². The van der Waals surface area contributed by atoms with Gasteiger partial charge in [0.05, 0.1) is 28.3 Å². The minimum absolute atomic E-state index is 0.179. The summed E-state index contributed by atoms with van der Waals surface area (Å²) < 4.78 is 81.5. The summed E-state index contributed by atoms with van der Waals surface area (Å²) in [6, 6.07) is 0.137. The van der Waals surface area contributed by atoms with Crippen molar-refractivity contribution in [2.75, 3.05) is 0 Å². The predicted molar refractivity (Wildman–Crippen MR) is 89.7 cm³/mol. The number of halogens is 7. The first-order chi connectivity index (χ1) is 13.9. The first-order valence-electron chi connectivity index (χ1n) is 8.34. The van der Waals surface area contributed by atoms with Crippen LogP contribution in [0.5, 0.6) is 0 Å². The summed E-state index contributed by atoms with van der Waals surface area (Å²) in [6.45, 7) is 0. The quantitative estimate of drug-likeness (QED) is 0.593. The molecule has 4 rings (SSSR count). The van der Waals surface area contributed by atoms with E-state index >= 15 is 0 Å². The summed E-state index contributed by atoms with van der Waals surface area (Å²) in [5, 5.41) is 18.5. The van der Waals surface area contributed by atoms with E-state index in [-0.39, 0.29) is 12.2 Å². The van der Waals surface area contributed by atoms with Crippen LogP contribution in [0.3, 0.4) is 0 Å². The van der Waals surface area contributed by atoms with E-state index in [1.54, 1.807) is 0 Å². The molecule has 1 saturated carbocycles. The highest BCUT2D eigenvalue weighted by molar-refractivity contribution is 6.31. The molecule has 0 bridgehead atoms. The highest BCUT2D eigenvalue weighted by Gasteiger charge is 2.59. The number of fused-ring (bicyclic) bond motifs is 1. The highest BCUT2D eigenvalue weighted by atomic mass is 35.5. The van der Waals surface area contributed by atoms with Crippen LogP contribution in [-0.4, -0.2) is 36.2 Å². The van der Waals surface area contributed by atoms with Crippen molar-refractivity contribution in [2.24, 2.45) is 0 Å². The molecule has 1 aliphatic carbocycles. The Bertz CT molecular complexity index is 1200.